The van der Waals surface area contributed by atoms with E-state index in [9.17, 15) is 119 Å². The maximum atomic E-state index is 13.1. The minimum Gasteiger partial charge on any atom is -0.477 e. The first-order valence-electron chi connectivity index (χ1n) is 26.2. The Hall–Kier alpha value is -3.33. The van der Waals surface area contributed by atoms with Crippen LogP contribution in [0.5, 0.6) is 0 Å². The van der Waals surface area contributed by atoms with Crippen molar-refractivity contribution < 1.29 is 175 Å². The van der Waals surface area contributed by atoms with Crippen LogP contribution in [0.1, 0.15) is 34.1 Å². The second-order valence-electron chi connectivity index (χ2n) is 20.9. The first-order valence-corrected chi connectivity index (χ1v) is 27.6. The standard InChI is InChI=1S/C45H75N3O36S/c1-11-24(57)30(63)32(65)41(75-11)82-38-31(64)26(59)17(7-50)78-43(38)81-35-23(48-14(4)54)39(67)76-19(28(35)61)9-73-40-22(47-13(3)53)29(62)34(20(79-40)10-74-85(70,71)72)80-42-33(66)37(27(60)18(8-51)77-42)84-45(44(68)69)5-15(55)21(46-12(2)52)36(83-45)25(58)16(56)6-49/h11,15-43,49-51,55-67H,5-10H2,1-4H3,(H,46,52)(H,47,53)(H,48,54)(H,68,69)(H,70,71,72)/t11-,15-,16+,17+,18+,19+,20+,21+,22+,23+,24+,25+,26-,27-,28-,29+,30+,31-,32-,33+,34+,35+,36+,37-,38+,39+,40+,41-,42-,43-,45-/m0/s1. The van der Waals surface area contributed by atoms with Crippen LogP contribution in [-0.2, 0) is 85.9 Å². The molecule has 492 valence electrons. The zero-order chi connectivity index (χ0) is 63.5. The van der Waals surface area contributed by atoms with Gasteiger partial charge in [0.15, 0.2) is 31.5 Å². The van der Waals surface area contributed by atoms with Crippen LogP contribution < -0.4 is 16.0 Å². The predicted molar refractivity (Wildman–Crippen MR) is 260 cm³/mol. The Morgan fingerprint density at radius 3 is 1.67 bits per heavy atom. The summed E-state index contributed by atoms with van der Waals surface area (Å²) in [6, 6.07) is -5.45. The molecule has 6 aliphatic heterocycles. The van der Waals surface area contributed by atoms with E-state index in [4.69, 9.17) is 52.1 Å². The topological polar surface area (TPSA) is 613 Å². The molecule has 6 fully saturated rings. The molecule has 0 aliphatic carbocycles. The Balaban J connectivity index is 1.27. The molecule has 0 spiro atoms. The lowest BCUT2D eigenvalue weighted by molar-refractivity contribution is -0.385. The molecule has 0 bridgehead atoms. The van der Waals surface area contributed by atoms with E-state index in [-0.39, 0.29) is 0 Å². The van der Waals surface area contributed by atoms with Crippen LogP contribution in [0.15, 0.2) is 0 Å². The molecule has 0 aromatic heterocycles. The number of aliphatic hydroxyl groups is 16. The van der Waals surface area contributed by atoms with Crippen LogP contribution in [-0.4, -0.2) is 346 Å². The average molecular weight is 1270 g/mol. The monoisotopic (exact) mass is 1270 g/mol. The molecular formula is C45H75N3O36S. The second kappa shape index (κ2) is 29.5. The zero-order valence-corrected chi connectivity index (χ0v) is 46.2. The van der Waals surface area contributed by atoms with Gasteiger partial charge in [0, 0.05) is 27.2 Å². The number of hydrogen-bond donors (Lipinski definition) is 21. The van der Waals surface area contributed by atoms with E-state index in [1.54, 1.807) is 0 Å². The fourth-order valence-electron chi connectivity index (χ4n) is 10.4. The lowest BCUT2D eigenvalue weighted by Gasteiger charge is -2.51. The predicted octanol–water partition coefficient (Wildman–Crippen LogP) is -13.6. The third-order valence-electron chi connectivity index (χ3n) is 14.8. The molecule has 6 heterocycles. The summed E-state index contributed by atoms with van der Waals surface area (Å²) in [6.45, 7) is -1.64. The van der Waals surface area contributed by atoms with Gasteiger partial charge in [-0.25, -0.2) is 8.98 Å². The van der Waals surface area contributed by atoms with Crippen molar-refractivity contribution in [2.45, 2.75) is 224 Å². The van der Waals surface area contributed by atoms with Gasteiger partial charge in [-0.05, 0) is 6.92 Å². The number of rotatable bonds is 23. The number of hydrogen-bond acceptors (Lipinski definition) is 34. The van der Waals surface area contributed by atoms with Gasteiger partial charge >= 0.3 is 16.4 Å². The first kappa shape index (κ1) is 70.8. The lowest BCUT2D eigenvalue weighted by atomic mass is 9.88. The van der Waals surface area contributed by atoms with E-state index in [1.807, 2.05) is 0 Å². The average Bonchev–Trinajstić information content (AvgIpc) is 1.14. The molecule has 6 saturated heterocycles. The Bertz CT molecular complexity index is 2340. The summed E-state index contributed by atoms with van der Waals surface area (Å²) in [5.41, 5.74) is 0. The molecule has 0 aromatic rings. The molecule has 0 aromatic carbocycles. The number of aliphatic carboxylic acids is 1. The number of amides is 3. The summed E-state index contributed by atoms with van der Waals surface area (Å²) in [6.07, 6.45) is -56.7. The molecule has 6 rings (SSSR count). The lowest BCUT2D eigenvalue weighted by Crippen LogP contribution is -2.71. The van der Waals surface area contributed by atoms with Crippen LogP contribution in [0.25, 0.3) is 0 Å². The maximum Gasteiger partial charge on any atom is 0.397 e. The van der Waals surface area contributed by atoms with Gasteiger partial charge in [-0.2, -0.15) is 8.42 Å². The van der Waals surface area contributed by atoms with Crippen LogP contribution >= 0.6 is 0 Å². The van der Waals surface area contributed by atoms with Crippen molar-refractivity contribution in [2.75, 3.05) is 33.0 Å². The summed E-state index contributed by atoms with van der Waals surface area (Å²) in [5.74, 6) is -8.10. The molecule has 39 nitrogen and oxygen atoms in total. The van der Waals surface area contributed by atoms with E-state index in [2.05, 4.69) is 20.1 Å². The normalized spacial score (nSPS) is 45.2. The van der Waals surface area contributed by atoms with E-state index in [1.165, 1.54) is 6.92 Å². The van der Waals surface area contributed by atoms with Crippen molar-refractivity contribution in [3.05, 3.63) is 0 Å². The van der Waals surface area contributed by atoms with Crippen molar-refractivity contribution in [1.82, 2.24) is 16.0 Å². The quantitative estimate of drug-likeness (QED) is 0.0422. The van der Waals surface area contributed by atoms with Gasteiger partial charge in [0.2, 0.25) is 17.7 Å². The summed E-state index contributed by atoms with van der Waals surface area (Å²) < 4.78 is 101. The third kappa shape index (κ3) is 16.4. The molecule has 31 atom stereocenters. The van der Waals surface area contributed by atoms with Gasteiger partial charge in [0.05, 0.1) is 51.3 Å². The highest BCUT2D eigenvalue weighted by Crippen LogP contribution is 2.40. The first-order chi connectivity index (χ1) is 39.7. The molecule has 21 N–H and O–H groups in total. The summed E-state index contributed by atoms with van der Waals surface area (Å²) >= 11 is 0. The number of carbonyl (C=O) groups is 4. The van der Waals surface area contributed by atoms with Crippen molar-refractivity contribution in [3.8, 4) is 0 Å². The van der Waals surface area contributed by atoms with Gasteiger partial charge in [-0.15, -0.1) is 0 Å². The Kier molecular flexibility index (Phi) is 24.6. The Labute approximate surface area is 481 Å². The summed E-state index contributed by atoms with van der Waals surface area (Å²) in [7, 11) is -5.44. The highest BCUT2D eigenvalue weighted by Gasteiger charge is 2.61. The largest absolute Gasteiger partial charge is 0.477 e. The van der Waals surface area contributed by atoms with Crippen molar-refractivity contribution in [1.29, 1.82) is 0 Å². The molecule has 3 amide bonds. The van der Waals surface area contributed by atoms with Gasteiger partial charge in [-0.1, -0.05) is 0 Å². The van der Waals surface area contributed by atoms with E-state index < -0.39 is 263 Å². The van der Waals surface area contributed by atoms with Crippen LogP contribution in [0.4, 0.5) is 0 Å². The number of carboxylic acids is 1. The smallest absolute Gasteiger partial charge is 0.397 e. The van der Waals surface area contributed by atoms with E-state index in [0.717, 1.165) is 20.8 Å². The van der Waals surface area contributed by atoms with Gasteiger partial charge in [0.25, 0.3) is 5.79 Å². The molecule has 85 heavy (non-hydrogen) atoms. The summed E-state index contributed by atoms with van der Waals surface area (Å²) in [4.78, 5) is 50.4. The van der Waals surface area contributed by atoms with Crippen LogP contribution in [0.2, 0.25) is 0 Å². The van der Waals surface area contributed by atoms with Crippen molar-refractivity contribution in [3.63, 3.8) is 0 Å². The van der Waals surface area contributed by atoms with Crippen LogP contribution in [0, 0.1) is 0 Å². The van der Waals surface area contributed by atoms with Crippen molar-refractivity contribution >= 4 is 34.1 Å². The fourth-order valence-corrected chi connectivity index (χ4v) is 10.7. The van der Waals surface area contributed by atoms with Gasteiger partial charge in [-0.3, -0.25) is 18.9 Å². The van der Waals surface area contributed by atoms with Crippen LogP contribution in [0.3, 0.4) is 0 Å². The Morgan fingerprint density at radius 2 is 1.09 bits per heavy atom. The summed E-state index contributed by atoms with van der Waals surface area (Å²) in [5, 5.41) is 191. The minimum absolute atomic E-state index is 0.858. The molecule has 0 radical (unpaired) electrons. The highest BCUT2D eigenvalue weighted by atomic mass is 32.3. The molecule has 0 unspecified atom stereocenters. The fraction of sp³-hybridized carbons (Fsp3) is 0.911. The SMILES string of the molecule is CC(=O)N[C@@H]1[C@@H](O[C@@H]2O[C@H](CO)[C@H](O)[C@H](O)[C@H]2O[C@@H]2O[C@@H](C)[C@@H](O)[C@@H](O)[C@@H]2O)[C@@H](O)[C@@H](CO[C@@H]2O[C@H](COS(=O)(=O)O)[C@@H](O[C@@H]3O[C@H](CO)[C@H](O)[C@H](O[C@]4(C(=O)O)C[C@H](O)[C@@H](NC(C)=O)[C@H]([C@H](O)[C@H](O)CO)O4)[C@H]3O)[C@H](O)[C@H]2NC(C)=O)O[C@H]1O. The minimum atomic E-state index is -5.44. The maximum absolute atomic E-state index is 13.1. The highest BCUT2D eigenvalue weighted by molar-refractivity contribution is 7.80. The van der Waals surface area contributed by atoms with Gasteiger partial charge < -0.3 is 155 Å². The van der Waals surface area contributed by atoms with Gasteiger partial charge in [0.1, 0.15) is 134 Å². The number of aliphatic hydroxyl groups excluding tert-OH is 16. The molecule has 0 saturated carbocycles. The zero-order valence-electron chi connectivity index (χ0n) is 45.4. The number of nitrogens with one attached hydrogen (secondary N) is 3. The molecule has 40 heteroatoms. The number of carboxylic acid groups (broad SMARTS) is 1. The van der Waals surface area contributed by atoms with Crippen molar-refractivity contribution in [2.24, 2.45) is 0 Å². The molecular weight excluding hydrogens is 1190 g/mol. The third-order valence-corrected chi connectivity index (χ3v) is 15.2. The second-order valence-corrected chi connectivity index (χ2v) is 22.0. The molecule has 6 aliphatic rings. The van der Waals surface area contributed by atoms with E-state index in [0.29, 0.717) is 0 Å². The number of carbonyl (C=O) groups excluding carboxylic acids is 3. The Morgan fingerprint density at radius 1 is 0.565 bits per heavy atom. The van der Waals surface area contributed by atoms with E-state index >= 15 is 0 Å². The number of ether oxygens (including phenoxy) is 11.